The van der Waals surface area contributed by atoms with Gasteiger partial charge in [0.25, 0.3) is 0 Å². The molecule has 0 saturated heterocycles. The van der Waals surface area contributed by atoms with Gasteiger partial charge in [0.15, 0.2) is 5.96 Å². The Kier molecular flexibility index (Phi) is 10.5. The van der Waals surface area contributed by atoms with Crippen molar-refractivity contribution in [3.8, 4) is 0 Å². The molecule has 0 aliphatic heterocycles. The van der Waals surface area contributed by atoms with Crippen molar-refractivity contribution < 1.29 is 5.11 Å². The van der Waals surface area contributed by atoms with Crippen LogP contribution in [0.1, 0.15) is 32.3 Å². The number of benzene rings is 1. The zero-order valence-corrected chi connectivity index (χ0v) is 18.8. The van der Waals surface area contributed by atoms with E-state index in [1.807, 2.05) is 36.9 Å². The largest absolute Gasteiger partial charge is 0.387 e. The average molecular weight is 498 g/mol. The van der Waals surface area contributed by atoms with Gasteiger partial charge in [0.2, 0.25) is 0 Å². The summed E-state index contributed by atoms with van der Waals surface area (Å²) in [4.78, 5) is 4.59. The molecule has 0 aromatic heterocycles. The maximum atomic E-state index is 10.7. The highest BCUT2D eigenvalue weighted by molar-refractivity contribution is 14.0. The third kappa shape index (κ3) is 7.15. The molecule has 1 aromatic carbocycles. The lowest BCUT2D eigenvalue weighted by Gasteiger charge is -2.44. The summed E-state index contributed by atoms with van der Waals surface area (Å²) in [6.45, 7) is 6.21. The third-order valence-electron chi connectivity index (χ3n) is 4.26. The zero-order chi connectivity index (χ0) is 17.4. The molecule has 1 fully saturated rings. The van der Waals surface area contributed by atoms with Gasteiger partial charge in [-0.3, -0.25) is 4.99 Å². The summed E-state index contributed by atoms with van der Waals surface area (Å²) < 4.78 is 0. The predicted molar refractivity (Wildman–Crippen MR) is 121 cm³/mol. The van der Waals surface area contributed by atoms with Crippen molar-refractivity contribution in [2.75, 3.05) is 25.4 Å². The van der Waals surface area contributed by atoms with E-state index in [0.29, 0.717) is 11.8 Å². The van der Waals surface area contributed by atoms with Gasteiger partial charge in [0.1, 0.15) is 0 Å². The quantitative estimate of drug-likeness (QED) is 0.291. The van der Waals surface area contributed by atoms with Crippen LogP contribution >= 0.6 is 47.3 Å². The predicted octanol–water partition coefficient (Wildman–Crippen LogP) is 3.70. The summed E-state index contributed by atoms with van der Waals surface area (Å²) in [5.41, 5.74) is 0.554. The van der Waals surface area contributed by atoms with Crippen molar-refractivity contribution in [2.45, 2.75) is 44.0 Å². The molecule has 0 radical (unpaired) electrons. The first kappa shape index (κ1) is 22.9. The molecule has 2 atom stereocenters. The molecule has 4 nitrogen and oxygen atoms in total. The van der Waals surface area contributed by atoms with E-state index in [-0.39, 0.29) is 24.0 Å². The number of hydrogen-bond acceptors (Lipinski definition) is 3. The molecule has 2 rings (SSSR count). The Bertz CT molecular complexity index is 561. The molecule has 0 bridgehead atoms. The van der Waals surface area contributed by atoms with Gasteiger partial charge >= 0.3 is 0 Å². The van der Waals surface area contributed by atoms with Crippen LogP contribution in [0.3, 0.4) is 0 Å². The summed E-state index contributed by atoms with van der Waals surface area (Å²) in [6.07, 6.45) is 2.81. The highest BCUT2D eigenvalue weighted by atomic mass is 127. The van der Waals surface area contributed by atoms with Crippen LogP contribution in [0.25, 0.3) is 0 Å². The Hall–Kier alpha value is -0.180. The maximum Gasteiger partial charge on any atom is 0.191 e. The Labute approximate surface area is 177 Å². The lowest BCUT2D eigenvalue weighted by molar-refractivity contribution is -0.0154. The number of aliphatic imine (C=N–C) groups is 1. The Balaban J connectivity index is 0.00000312. The number of aliphatic hydroxyl groups is 1. The Morgan fingerprint density at radius 2 is 2.20 bits per heavy atom. The first-order valence-corrected chi connectivity index (χ1v) is 10.1. The van der Waals surface area contributed by atoms with Crippen LogP contribution in [-0.4, -0.2) is 47.3 Å². The molecular formula is C18H29ClIN3OS. The number of thioether (sulfide) groups is 1. The van der Waals surface area contributed by atoms with E-state index in [2.05, 4.69) is 28.6 Å². The van der Waals surface area contributed by atoms with E-state index in [1.54, 1.807) is 0 Å². The monoisotopic (exact) mass is 497 g/mol. The summed E-state index contributed by atoms with van der Waals surface area (Å²) >= 11 is 7.85. The Morgan fingerprint density at radius 3 is 2.80 bits per heavy atom. The number of hydrogen-bond donors (Lipinski definition) is 3. The number of rotatable bonds is 8. The number of nitrogens with zero attached hydrogens (tertiary/aromatic N) is 1. The maximum absolute atomic E-state index is 10.7. The number of nitrogens with one attached hydrogen (secondary N) is 2. The fourth-order valence-corrected chi connectivity index (χ4v) is 4.19. The van der Waals surface area contributed by atoms with Crippen molar-refractivity contribution >= 4 is 53.3 Å². The third-order valence-corrected chi connectivity index (χ3v) is 5.90. The van der Waals surface area contributed by atoms with Crippen LogP contribution in [0.2, 0.25) is 5.02 Å². The fourth-order valence-electron chi connectivity index (χ4n) is 2.79. The SMILES string of the molecule is CCNC(=NCC1(O)CCC1SCC)NCCc1cccc(Cl)c1.I. The molecule has 7 heteroatoms. The van der Waals surface area contributed by atoms with Gasteiger partial charge in [-0.15, -0.1) is 24.0 Å². The molecule has 1 saturated carbocycles. The van der Waals surface area contributed by atoms with E-state index < -0.39 is 5.60 Å². The number of guanidine groups is 1. The minimum atomic E-state index is -0.643. The van der Waals surface area contributed by atoms with Gasteiger partial charge in [-0.05, 0) is 49.6 Å². The van der Waals surface area contributed by atoms with Crippen LogP contribution in [0.15, 0.2) is 29.3 Å². The molecule has 1 aliphatic carbocycles. The minimum absolute atomic E-state index is 0. The van der Waals surface area contributed by atoms with Crippen LogP contribution in [0, 0.1) is 0 Å². The average Bonchev–Trinajstić information content (AvgIpc) is 2.56. The van der Waals surface area contributed by atoms with Gasteiger partial charge < -0.3 is 15.7 Å². The van der Waals surface area contributed by atoms with Crippen molar-refractivity contribution in [2.24, 2.45) is 4.99 Å². The van der Waals surface area contributed by atoms with Gasteiger partial charge in [-0.1, -0.05) is 30.7 Å². The van der Waals surface area contributed by atoms with Gasteiger partial charge in [0.05, 0.1) is 12.1 Å². The fraction of sp³-hybridized carbons (Fsp3) is 0.611. The molecule has 142 valence electrons. The van der Waals surface area contributed by atoms with Crippen LogP contribution in [-0.2, 0) is 6.42 Å². The molecule has 0 heterocycles. The number of halogens is 2. The van der Waals surface area contributed by atoms with Crippen molar-refractivity contribution in [1.82, 2.24) is 10.6 Å². The lowest BCUT2D eigenvalue weighted by Crippen LogP contribution is -2.53. The molecule has 3 N–H and O–H groups in total. The molecule has 1 aliphatic rings. The van der Waals surface area contributed by atoms with Crippen LogP contribution in [0.5, 0.6) is 0 Å². The second kappa shape index (κ2) is 11.5. The van der Waals surface area contributed by atoms with E-state index in [9.17, 15) is 5.11 Å². The van der Waals surface area contributed by atoms with Gasteiger partial charge in [-0.25, -0.2) is 0 Å². The summed E-state index contributed by atoms with van der Waals surface area (Å²) in [5, 5.41) is 18.3. The van der Waals surface area contributed by atoms with E-state index in [4.69, 9.17) is 11.6 Å². The second-order valence-corrected chi connectivity index (χ2v) is 8.00. The molecule has 25 heavy (non-hydrogen) atoms. The van der Waals surface area contributed by atoms with E-state index in [1.165, 1.54) is 5.56 Å². The summed E-state index contributed by atoms with van der Waals surface area (Å²) in [7, 11) is 0. The first-order chi connectivity index (χ1) is 11.6. The van der Waals surface area contributed by atoms with Crippen LogP contribution < -0.4 is 10.6 Å². The highest BCUT2D eigenvalue weighted by Gasteiger charge is 2.45. The topological polar surface area (TPSA) is 56.7 Å². The normalized spacial score (nSPS) is 22.7. The molecule has 1 aromatic rings. The zero-order valence-electron chi connectivity index (χ0n) is 14.9. The summed E-state index contributed by atoms with van der Waals surface area (Å²) in [5.74, 6) is 1.80. The lowest BCUT2D eigenvalue weighted by atomic mass is 9.79. The standard InChI is InChI=1S/C18H28ClN3OS.HI/c1-3-20-17(21-11-9-14-6-5-7-15(19)12-14)22-13-18(23)10-8-16(18)24-4-2;/h5-7,12,16,23H,3-4,8-11,13H2,1-2H3,(H2,20,21,22);1H. The van der Waals surface area contributed by atoms with Crippen molar-refractivity contribution in [3.63, 3.8) is 0 Å². The molecular weight excluding hydrogens is 469 g/mol. The van der Waals surface area contributed by atoms with E-state index >= 15 is 0 Å². The summed E-state index contributed by atoms with van der Waals surface area (Å²) in [6, 6.07) is 7.90. The molecule has 0 amide bonds. The first-order valence-electron chi connectivity index (χ1n) is 8.68. The molecule has 2 unspecified atom stereocenters. The van der Waals surface area contributed by atoms with Crippen molar-refractivity contribution in [1.29, 1.82) is 0 Å². The van der Waals surface area contributed by atoms with Crippen LogP contribution in [0.4, 0.5) is 0 Å². The highest BCUT2D eigenvalue weighted by Crippen LogP contribution is 2.41. The molecule has 0 spiro atoms. The van der Waals surface area contributed by atoms with Gasteiger partial charge in [0, 0.05) is 23.4 Å². The Morgan fingerprint density at radius 1 is 1.40 bits per heavy atom. The smallest absolute Gasteiger partial charge is 0.191 e. The second-order valence-electron chi connectivity index (χ2n) is 6.09. The minimum Gasteiger partial charge on any atom is -0.387 e. The van der Waals surface area contributed by atoms with Crippen molar-refractivity contribution in [3.05, 3.63) is 34.9 Å². The van der Waals surface area contributed by atoms with Gasteiger partial charge in [-0.2, -0.15) is 11.8 Å². The van der Waals surface area contributed by atoms with E-state index in [0.717, 1.165) is 49.1 Å².